The molecule has 0 radical (unpaired) electrons. The highest BCUT2D eigenvalue weighted by molar-refractivity contribution is 7.98. The van der Waals surface area contributed by atoms with Crippen LogP contribution < -0.4 is 5.32 Å². The number of aromatic nitrogens is 2. The first kappa shape index (κ1) is 13.6. The van der Waals surface area contributed by atoms with Gasteiger partial charge in [-0.05, 0) is 29.5 Å². The van der Waals surface area contributed by atoms with Crippen molar-refractivity contribution in [1.82, 2.24) is 9.97 Å². The van der Waals surface area contributed by atoms with Crippen molar-refractivity contribution in [2.45, 2.75) is 26.0 Å². The van der Waals surface area contributed by atoms with Gasteiger partial charge in [-0.2, -0.15) is 11.8 Å². The van der Waals surface area contributed by atoms with E-state index >= 15 is 0 Å². The molecule has 2 aromatic heterocycles. The molecule has 0 saturated carbocycles. The summed E-state index contributed by atoms with van der Waals surface area (Å²) in [6, 6.07) is 2.07. The third-order valence-corrected chi connectivity index (χ3v) is 4.47. The van der Waals surface area contributed by atoms with Crippen molar-refractivity contribution in [3.8, 4) is 0 Å². The third kappa shape index (κ3) is 3.36. The lowest BCUT2D eigenvalue weighted by atomic mass is 10.2. The molecule has 1 N–H and O–H groups in total. The average molecular weight is 281 g/mol. The summed E-state index contributed by atoms with van der Waals surface area (Å²) >= 11 is 3.59. The molecule has 0 saturated heterocycles. The fraction of sp³-hybridized carbons (Fsp3) is 0.538. The number of thioether (sulfide) groups is 1. The topological polar surface area (TPSA) is 37.8 Å². The number of anilines is 1. The molecule has 0 aliphatic heterocycles. The molecule has 0 aromatic carbocycles. The second-order valence-corrected chi connectivity index (χ2v) is 6.61. The Morgan fingerprint density at radius 1 is 1.39 bits per heavy atom. The number of rotatable bonds is 6. The van der Waals surface area contributed by atoms with Crippen molar-refractivity contribution in [3.05, 3.63) is 17.3 Å². The van der Waals surface area contributed by atoms with Gasteiger partial charge in [-0.15, -0.1) is 11.3 Å². The highest BCUT2D eigenvalue weighted by atomic mass is 32.2. The smallest absolute Gasteiger partial charge is 0.142 e. The van der Waals surface area contributed by atoms with Gasteiger partial charge in [0, 0.05) is 7.05 Å². The number of hydrogen-bond acceptors (Lipinski definition) is 5. The quantitative estimate of drug-likeness (QED) is 0.812. The summed E-state index contributed by atoms with van der Waals surface area (Å²) in [6.07, 6.45) is 1.25. The third-order valence-electron chi connectivity index (χ3n) is 2.68. The Hall–Kier alpha value is -0.810. The minimum Gasteiger partial charge on any atom is -0.372 e. The Bertz CT molecular complexity index is 508. The zero-order valence-corrected chi connectivity index (χ0v) is 12.7. The highest BCUT2D eigenvalue weighted by Gasteiger charge is 2.07. The largest absolute Gasteiger partial charge is 0.372 e. The fourth-order valence-corrected chi connectivity index (χ4v) is 3.51. The van der Waals surface area contributed by atoms with Gasteiger partial charge in [0.25, 0.3) is 0 Å². The number of thiophene rings is 1. The van der Waals surface area contributed by atoms with Crippen LogP contribution in [0.2, 0.25) is 0 Å². The zero-order valence-electron chi connectivity index (χ0n) is 11.1. The second kappa shape index (κ2) is 6.38. The molecule has 0 amide bonds. The average Bonchev–Trinajstić information content (AvgIpc) is 2.81. The minimum absolute atomic E-state index is 0.770. The summed E-state index contributed by atoms with van der Waals surface area (Å²) in [7, 11) is 1.91. The van der Waals surface area contributed by atoms with Crippen LogP contribution in [0.1, 0.15) is 26.1 Å². The number of fused-ring (bicyclic) bond motifs is 1. The Labute approximate surface area is 116 Å². The highest BCUT2D eigenvalue weighted by Crippen LogP contribution is 2.26. The van der Waals surface area contributed by atoms with Crippen molar-refractivity contribution in [2.24, 2.45) is 5.92 Å². The molecule has 18 heavy (non-hydrogen) atoms. The van der Waals surface area contributed by atoms with Crippen LogP contribution in [0, 0.1) is 5.92 Å². The molecule has 2 rings (SSSR count). The number of nitrogens with one attached hydrogen (secondary N) is 1. The van der Waals surface area contributed by atoms with Gasteiger partial charge < -0.3 is 5.32 Å². The van der Waals surface area contributed by atoms with E-state index in [1.165, 1.54) is 12.2 Å². The zero-order chi connectivity index (χ0) is 13.0. The maximum atomic E-state index is 4.61. The number of hydrogen-bond donors (Lipinski definition) is 1. The van der Waals surface area contributed by atoms with Crippen LogP contribution in [0.5, 0.6) is 0 Å². The molecular weight excluding hydrogens is 262 g/mol. The standard InChI is InChI=1S/C13H19N3S2/c1-9(2)4-6-17-8-11-15-12(14-3)10-5-7-18-13(10)16-11/h5,7,9H,4,6,8H2,1-3H3,(H,14,15,16). The van der Waals surface area contributed by atoms with E-state index in [0.717, 1.165) is 33.5 Å². The van der Waals surface area contributed by atoms with E-state index in [1.54, 1.807) is 11.3 Å². The van der Waals surface area contributed by atoms with Crippen LogP contribution in [0.3, 0.4) is 0 Å². The van der Waals surface area contributed by atoms with Crippen LogP contribution in [-0.4, -0.2) is 22.8 Å². The number of nitrogens with zero attached hydrogens (tertiary/aromatic N) is 2. The monoisotopic (exact) mass is 281 g/mol. The molecule has 0 aliphatic carbocycles. The lowest BCUT2D eigenvalue weighted by Crippen LogP contribution is -2.00. The van der Waals surface area contributed by atoms with E-state index in [-0.39, 0.29) is 0 Å². The molecule has 0 aliphatic rings. The Kier molecular flexibility index (Phi) is 4.83. The normalized spacial score (nSPS) is 11.3. The van der Waals surface area contributed by atoms with Gasteiger partial charge in [-0.25, -0.2) is 9.97 Å². The van der Waals surface area contributed by atoms with Crippen molar-refractivity contribution >= 4 is 39.1 Å². The molecule has 2 aromatic rings. The minimum atomic E-state index is 0.770. The first-order chi connectivity index (χ1) is 8.70. The molecule has 3 nitrogen and oxygen atoms in total. The summed E-state index contributed by atoms with van der Waals surface area (Å²) < 4.78 is 0. The maximum absolute atomic E-state index is 4.61. The lowest BCUT2D eigenvalue weighted by Gasteiger charge is -2.06. The van der Waals surface area contributed by atoms with Crippen molar-refractivity contribution in [3.63, 3.8) is 0 Å². The van der Waals surface area contributed by atoms with Gasteiger partial charge in [0.15, 0.2) is 0 Å². The van der Waals surface area contributed by atoms with Gasteiger partial charge in [0.1, 0.15) is 16.5 Å². The molecule has 5 heteroatoms. The van der Waals surface area contributed by atoms with E-state index < -0.39 is 0 Å². The summed E-state index contributed by atoms with van der Waals surface area (Å²) in [5, 5.41) is 6.34. The van der Waals surface area contributed by atoms with Crippen LogP contribution in [0.15, 0.2) is 11.4 Å². The lowest BCUT2D eigenvalue weighted by molar-refractivity contribution is 0.632. The molecule has 0 unspecified atom stereocenters. The molecule has 0 fully saturated rings. The predicted molar refractivity (Wildman–Crippen MR) is 82.6 cm³/mol. The van der Waals surface area contributed by atoms with Crippen LogP contribution in [-0.2, 0) is 5.75 Å². The summed E-state index contributed by atoms with van der Waals surface area (Å²) in [5.74, 6) is 4.73. The van der Waals surface area contributed by atoms with Crippen molar-refractivity contribution < 1.29 is 0 Å². The van der Waals surface area contributed by atoms with Gasteiger partial charge in [0.2, 0.25) is 0 Å². The van der Waals surface area contributed by atoms with E-state index in [0.29, 0.717) is 0 Å². The van der Waals surface area contributed by atoms with Gasteiger partial charge >= 0.3 is 0 Å². The van der Waals surface area contributed by atoms with Crippen molar-refractivity contribution in [1.29, 1.82) is 0 Å². The molecule has 2 heterocycles. The first-order valence-electron chi connectivity index (χ1n) is 6.20. The maximum Gasteiger partial charge on any atom is 0.142 e. The van der Waals surface area contributed by atoms with Crippen LogP contribution in [0.25, 0.3) is 10.2 Å². The summed E-state index contributed by atoms with van der Waals surface area (Å²) in [6.45, 7) is 4.52. The Morgan fingerprint density at radius 3 is 2.94 bits per heavy atom. The fourth-order valence-electron chi connectivity index (χ4n) is 1.64. The van der Waals surface area contributed by atoms with E-state index in [9.17, 15) is 0 Å². The van der Waals surface area contributed by atoms with E-state index in [4.69, 9.17) is 0 Å². The molecule has 0 bridgehead atoms. The SMILES string of the molecule is CNc1nc(CSCCC(C)C)nc2sccc12. The van der Waals surface area contributed by atoms with E-state index in [1.807, 2.05) is 18.8 Å². The second-order valence-electron chi connectivity index (χ2n) is 4.61. The molecule has 98 valence electrons. The van der Waals surface area contributed by atoms with Crippen LogP contribution in [0.4, 0.5) is 5.82 Å². The van der Waals surface area contributed by atoms with Gasteiger partial charge in [-0.1, -0.05) is 13.8 Å². The molecule has 0 spiro atoms. The van der Waals surface area contributed by atoms with E-state index in [2.05, 4.69) is 40.6 Å². The molecule has 0 atom stereocenters. The summed E-state index contributed by atoms with van der Waals surface area (Å²) in [5.41, 5.74) is 0. The van der Waals surface area contributed by atoms with Crippen molar-refractivity contribution in [2.75, 3.05) is 18.1 Å². The Balaban J connectivity index is 2.04. The summed E-state index contributed by atoms with van der Waals surface area (Å²) in [4.78, 5) is 10.3. The van der Waals surface area contributed by atoms with Crippen LogP contribution >= 0.6 is 23.1 Å². The first-order valence-corrected chi connectivity index (χ1v) is 8.23. The van der Waals surface area contributed by atoms with Gasteiger partial charge in [-0.3, -0.25) is 0 Å². The predicted octanol–water partition coefficient (Wildman–Crippen LogP) is 4.01. The Morgan fingerprint density at radius 2 is 2.22 bits per heavy atom. The molecular formula is C13H19N3S2. The van der Waals surface area contributed by atoms with Gasteiger partial charge in [0.05, 0.1) is 11.1 Å².